The van der Waals surface area contributed by atoms with Gasteiger partial charge in [0, 0.05) is 11.3 Å². The number of hydrogen-bond donors (Lipinski definition) is 2. The van der Waals surface area contributed by atoms with Gasteiger partial charge in [0.25, 0.3) is 5.91 Å². The molecule has 3 rings (SSSR count). The van der Waals surface area contributed by atoms with Crippen LogP contribution in [0.2, 0.25) is 0 Å². The van der Waals surface area contributed by atoms with Gasteiger partial charge >= 0.3 is 0 Å². The normalized spacial score (nSPS) is 14.0. The van der Waals surface area contributed by atoms with Crippen LogP contribution in [0.1, 0.15) is 30.0 Å². The van der Waals surface area contributed by atoms with Crippen molar-refractivity contribution in [2.24, 2.45) is 0 Å². The number of fused-ring (bicyclic) bond motifs is 1. The van der Waals surface area contributed by atoms with Gasteiger partial charge < -0.3 is 15.0 Å². The summed E-state index contributed by atoms with van der Waals surface area (Å²) in [5.41, 5.74) is 4.93. The van der Waals surface area contributed by atoms with E-state index in [1.165, 1.54) is 29.5 Å². The van der Waals surface area contributed by atoms with Gasteiger partial charge in [0.05, 0.1) is 13.7 Å². The van der Waals surface area contributed by atoms with E-state index in [9.17, 15) is 4.79 Å². The van der Waals surface area contributed by atoms with Crippen molar-refractivity contribution in [3.8, 4) is 5.75 Å². The third-order valence-corrected chi connectivity index (χ3v) is 4.58. The van der Waals surface area contributed by atoms with Gasteiger partial charge in [-0.25, -0.2) is 0 Å². The van der Waals surface area contributed by atoms with Crippen LogP contribution >= 0.6 is 0 Å². The second kappa shape index (κ2) is 8.17. The van der Waals surface area contributed by atoms with Crippen LogP contribution < -0.4 is 15.0 Å². The molecule has 1 unspecified atom stereocenters. The van der Waals surface area contributed by atoms with Gasteiger partial charge in [-0.1, -0.05) is 6.07 Å². The minimum Gasteiger partial charge on any atom is -0.494 e. The Morgan fingerprint density at radius 3 is 2.64 bits per heavy atom. The Balaban J connectivity index is 1.50. The fourth-order valence-electron chi connectivity index (χ4n) is 3.41. The van der Waals surface area contributed by atoms with Crippen LogP contribution in [0.25, 0.3) is 0 Å². The van der Waals surface area contributed by atoms with E-state index in [4.69, 9.17) is 4.74 Å². The molecule has 0 aliphatic heterocycles. The summed E-state index contributed by atoms with van der Waals surface area (Å²) in [4.78, 5) is 13.5. The Morgan fingerprint density at radius 2 is 1.88 bits per heavy atom. The number of hydrogen-bond acceptors (Lipinski definition) is 2. The lowest BCUT2D eigenvalue weighted by atomic mass is 10.1. The van der Waals surface area contributed by atoms with Gasteiger partial charge in [-0.15, -0.1) is 0 Å². The lowest BCUT2D eigenvalue weighted by molar-refractivity contribution is -0.885. The summed E-state index contributed by atoms with van der Waals surface area (Å²) in [5.74, 6) is 0.944. The van der Waals surface area contributed by atoms with Crippen molar-refractivity contribution in [1.82, 2.24) is 0 Å². The van der Waals surface area contributed by atoms with E-state index in [1.807, 2.05) is 32.2 Å². The summed E-state index contributed by atoms with van der Waals surface area (Å²) in [6, 6.07) is 14.4. The first-order chi connectivity index (χ1) is 12.1. The predicted octanol–water partition coefficient (Wildman–Crippen LogP) is 2.23. The van der Waals surface area contributed by atoms with Crippen molar-refractivity contribution in [1.29, 1.82) is 0 Å². The first-order valence-corrected chi connectivity index (χ1v) is 9.08. The molecule has 25 heavy (non-hydrogen) atoms. The Bertz CT molecular complexity index is 725. The molecule has 0 spiro atoms. The fraction of sp³-hybridized carbons (Fsp3) is 0.381. The average molecular weight is 339 g/mol. The van der Waals surface area contributed by atoms with Crippen molar-refractivity contribution in [3.63, 3.8) is 0 Å². The average Bonchev–Trinajstić information content (AvgIpc) is 3.04. The number of rotatable bonds is 7. The number of benzene rings is 2. The van der Waals surface area contributed by atoms with Gasteiger partial charge in [0.2, 0.25) is 0 Å². The molecule has 0 saturated heterocycles. The lowest BCUT2D eigenvalue weighted by Crippen LogP contribution is -3.08. The number of aryl methyl sites for hydroxylation is 2. The fourth-order valence-corrected chi connectivity index (χ4v) is 3.41. The number of carbonyl (C=O) groups excluding carboxylic acids is 1. The zero-order chi connectivity index (χ0) is 17.6. The highest BCUT2D eigenvalue weighted by Gasteiger charge is 2.14. The summed E-state index contributed by atoms with van der Waals surface area (Å²) in [7, 11) is 2.04. The van der Waals surface area contributed by atoms with E-state index in [0.717, 1.165) is 29.3 Å². The van der Waals surface area contributed by atoms with E-state index in [-0.39, 0.29) is 5.91 Å². The summed E-state index contributed by atoms with van der Waals surface area (Å²) < 4.78 is 5.46. The Hall–Kier alpha value is -2.33. The number of ether oxygens (including phenoxy) is 1. The summed E-state index contributed by atoms with van der Waals surface area (Å²) in [5, 5.41) is 3.03. The highest BCUT2D eigenvalue weighted by Crippen LogP contribution is 2.24. The minimum atomic E-state index is 0.0568. The molecule has 1 aliphatic carbocycles. The maximum Gasteiger partial charge on any atom is 0.279 e. The van der Waals surface area contributed by atoms with E-state index in [1.54, 1.807) is 0 Å². The van der Waals surface area contributed by atoms with Gasteiger partial charge in [-0.2, -0.15) is 0 Å². The molecule has 4 nitrogen and oxygen atoms in total. The molecule has 1 atom stereocenters. The van der Waals surface area contributed by atoms with Crippen LogP contribution in [0.3, 0.4) is 0 Å². The SMILES string of the molecule is CCOc1ccc(C[NH+](C)CC(=O)Nc2ccc3c(c2)CCC3)cc1. The summed E-state index contributed by atoms with van der Waals surface area (Å²) in [6.07, 6.45) is 3.52. The van der Waals surface area contributed by atoms with Gasteiger partial charge in [-0.3, -0.25) is 4.79 Å². The van der Waals surface area contributed by atoms with Crippen LogP contribution in [0.4, 0.5) is 5.69 Å². The third-order valence-electron chi connectivity index (χ3n) is 4.58. The van der Waals surface area contributed by atoms with E-state index in [2.05, 4.69) is 29.6 Å². The number of carbonyl (C=O) groups is 1. The monoisotopic (exact) mass is 339 g/mol. The lowest BCUT2D eigenvalue weighted by Gasteiger charge is -2.14. The number of anilines is 1. The van der Waals surface area contributed by atoms with Crippen LogP contribution in [0.5, 0.6) is 5.75 Å². The highest BCUT2D eigenvalue weighted by atomic mass is 16.5. The smallest absolute Gasteiger partial charge is 0.279 e. The van der Waals surface area contributed by atoms with Crippen molar-refractivity contribution < 1.29 is 14.4 Å². The number of amides is 1. The van der Waals surface area contributed by atoms with Crippen LogP contribution in [0.15, 0.2) is 42.5 Å². The molecule has 0 saturated carbocycles. The first-order valence-electron chi connectivity index (χ1n) is 9.08. The molecule has 4 heteroatoms. The molecule has 2 aromatic carbocycles. The Kier molecular flexibility index (Phi) is 5.71. The van der Waals surface area contributed by atoms with Gasteiger partial charge in [0.1, 0.15) is 12.3 Å². The minimum absolute atomic E-state index is 0.0568. The number of nitrogens with one attached hydrogen (secondary N) is 2. The Labute approximate surface area is 149 Å². The van der Waals surface area contributed by atoms with E-state index < -0.39 is 0 Å². The molecule has 1 aliphatic rings. The van der Waals surface area contributed by atoms with E-state index >= 15 is 0 Å². The van der Waals surface area contributed by atoms with Gasteiger partial charge in [-0.05, 0) is 73.7 Å². The van der Waals surface area contributed by atoms with Crippen molar-refractivity contribution in [2.45, 2.75) is 32.7 Å². The molecule has 0 bridgehead atoms. The van der Waals surface area contributed by atoms with E-state index in [0.29, 0.717) is 13.2 Å². The predicted molar refractivity (Wildman–Crippen MR) is 100 cm³/mol. The van der Waals surface area contributed by atoms with Gasteiger partial charge in [0.15, 0.2) is 6.54 Å². The molecule has 0 fully saturated rings. The quantitative estimate of drug-likeness (QED) is 0.812. The molecule has 0 heterocycles. The second-order valence-corrected chi connectivity index (χ2v) is 6.77. The zero-order valence-electron chi connectivity index (χ0n) is 15.1. The summed E-state index contributed by atoms with van der Waals surface area (Å²) >= 11 is 0. The maximum absolute atomic E-state index is 12.3. The largest absolute Gasteiger partial charge is 0.494 e. The highest BCUT2D eigenvalue weighted by molar-refractivity contribution is 5.91. The van der Waals surface area contributed by atoms with Crippen LogP contribution in [0, 0.1) is 0 Å². The van der Waals surface area contributed by atoms with Crippen molar-refractivity contribution in [3.05, 3.63) is 59.2 Å². The zero-order valence-corrected chi connectivity index (χ0v) is 15.1. The third kappa shape index (κ3) is 4.83. The number of likely N-dealkylation sites (N-methyl/N-ethyl adjacent to an activating group) is 1. The molecule has 0 radical (unpaired) electrons. The standard InChI is InChI=1S/C21H26N2O2/c1-3-25-20-11-7-16(8-12-20)14-23(2)15-21(24)22-19-10-9-17-5-4-6-18(17)13-19/h7-13H,3-6,14-15H2,1-2H3,(H,22,24)/p+1. The molecule has 2 aromatic rings. The molecule has 0 aromatic heterocycles. The number of quaternary nitrogens is 1. The second-order valence-electron chi connectivity index (χ2n) is 6.77. The molecular formula is C21H27N2O2+. The van der Waals surface area contributed by atoms with Crippen LogP contribution in [-0.4, -0.2) is 26.1 Å². The van der Waals surface area contributed by atoms with Crippen LogP contribution in [-0.2, 0) is 24.2 Å². The summed E-state index contributed by atoms with van der Waals surface area (Å²) in [6.45, 7) is 3.91. The Morgan fingerprint density at radius 1 is 1.12 bits per heavy atom. The molecule has 1 amide bonds. The maximum atomic E-state index is 12.3. The molecule has 2 N–H and O–H groups in total. The molecular weight excluding hydrogens is 312 g/mol. The topological polar surface area (TPSA) is 42.8 Å². The molecule has 132 valence electrons. The van der Waals surface area contributed by atoms with Crippen molar-refractivity contribution >= 4 is 11.6 Å². The first kappa shape index (κ1) is 17.5. The van der Waals surface area contributed by atoms with Crippen molar-refractivity contribution in [2.75, 3.05) is 25.5 Å².